The van der Waals surface area contributed by atoms with E-state index in [1.54, 1.807) is 12.1 Å². The van der Waals surface area contributed by atoms with Crippen molar-refractivity contribution >= 4 is 0 Å². The van der Waals surface area contributed by atoms with Gasteiger partial charge in [0.15, 0.2) is 0 Å². The number of hydrogen-bond donors (Lipinski definition) is 2. The van der Waals surface area contributed by atoms with Gasteiger partial charge in [-0.05, 0) is 38.1 Å². The lowest BCUT2D eigenvalue weighted by atomic mass is 9.94. The highest BCUT2D eigenvalue weighted by Gasteiger charge is 2.30. The summed E-state index contributed by atoms with van der Waals surface area (Å²) >= 11 is 0. The van der Waals surface area contributed by atoms with Gasteiger partial charge >= 0.3 is 0 Å². The molecule has 1 atom stereocenters. The normalized spacial score (nSPS) is 23.5. The van der Waals surface area contributed by atoms with Crippen LogP contribution in [0.15, 0.2) is 24.3 Å². The van der Waals surface area contributed by atoms with E-state index in [-0.39, 0.29) is 5.60 Å². The summed E-state index contributed by atoms with van der Waals surface area (Å²) in [7, 11) is 0. The Labute approximate surface area is 103 Å². The van der Waals surface area contributed by atoms with Crippen LogP contribution in [0.3, 0.4) is 0 Å². The van der Waals surface area contributed by atoms with Crippen LogP contribution in [-0.2, 0) is 11.3 Å². The van der Waals surface area contributed by atoms with Crippen molar-refractivity contribution in [2.75, 3.05) is 6.61 Å². The zero-order chi connectivity index (χ0) is 12.3. The predicted octanol–water partition coefficient (Wildman–Crippen LogP) is 1.41. The Morgan fingerprint density at radius 1 is 1.35 bits per heavy atom. The molecule has 0 aromatic heterocycles. The second kappa shape index (κ2) is 5.07. The average Bonchev–Trinajstić information content (AvgIpc) is 2.27. The summed E-state index contributed by atoms with van der Waals surface area (Å²) < 4.78 is 5.71. The lowest BCUT2D eigenvalue weighted by Crippen LogP contribution is -2.89. The molecule has 0 aliphatic carbocycles. The van der Waals surface area contributed by atoms with E-state index in [1.165, 1.54) is 5.56 Å². The minimum atomic E-state index is 0.0222. The highest BCUT2D eigenvalue weighted by Crippen LogP contribution is 2.22. The smallest absolute Gasteiger partial charge is 0.115 e. The summed E-state index contributed by atoms with van der Waals surface area (Å²) in [5, 5.41) is 11.6. The molecule has 0 radical (unpaired) electrons. The zero-order valence-electron chi connectivity index (χ0n) is 10.6. The summed E-state index contributed by atoms with van der Waals surface area (Å²) in [6, 6.07) is 8.10. The van der Waals surface area contributed by atoms with Crippen molar-refractivity contribution in [2.24, 2.45) is 0 Å². The van der Waals surface area contributed by atoms with Crippen LogP contribution in [0.1, 0.15) is 32.3 Å². The van der Waals surface area contributed by atoms with Crippen LogP contribution in [0.4, 0.5) is 0 Å². The maximum atomic E-state index is 9.22. The molecule has 2 rings (SSSR count). The van der Waals surface area contributed by atoms with E-state index in [1.807, 2.05) is 12.1 Å². The Kier molecular flexibility index (Phi) is 3.69. The number of hydrogen-bond acceptors (Lipinski definition) is 2. The number of quaternary nitrogens is 1. The molecule has 0 saturated carbocycles. The Hall–Kier alpha value is -1.06. The van der Waals surface area contributed by atoms with Crippen LogP contribution in [0.25, 0.3) is 0 Å². The van der Waals surface area contributed by atoms with Crippen LogP contribution in [0.5, 0.6) is 5.75 Å². The molecule has 94 valence electrons. The number of benzene rings is 1. The first-order valence-corrected chi connectivity index (χ1v) is 6.30. The van der Waals surface area contributed by atoms with Gasteiger partial charge in [-0.2, -0.15) is 0 Å². The first-order valence-electron chi connectivity index (χ1n) is 6.30. The van der Waals surface area contributed by atoms with Crippen LogP contribution in [0.2, 0.25) is 0 Å². The lowest BCUT2D eigenvalue weighted by molar-refractivity contribution is -0.709. The van der Waals surface area contributed by atoms with E-state index in [0.29, 0.717) is 11.8 Å². The quantitative estimate of drug-likeness (QED) is 0.833. The molecule has 0 amide bonds. The lowest BCUT2D eigenvalue weighted by Gasteiger charge is -2.34. The van der Waals surface area contributed by atoms with E-state index < -0.39 is 0 Å². The second-order valence-corrected chi connectivity index (χ2v) is 5.47. The van der Waals surface area contributed by atoms with Crippen molar-refractivity contribution in [1.82, 2.24) is 0 Å². The van der Waals surface area contributed by atoms with Crippen molar-refractivity contribution in [3.63, 3.8) is 0 Å². The van der Waals surface area contributed by atoms with Crippen molar-refractivity contribution < 1.29 is 15.2 Å². The average molecular weight is 236 g/mol. The van der Waals surface area contributed by atoms with Crippen molar-refractivity contribution in [3.05, 3.63) is 29.8 Å². The Morgan fingerprint density at radius 2 is 2.06 bits per heavy atom. The van der Waals surface area contributed by atoms with E-state index in [2.05, 4.69) is 19.2 Å². The predicted molar refractivity (Wildman–Crippen MR) is 66.8 cm³/mol. The summed E-state index contributed by atoms with van der Waals surface area (Å²) in [4.78, 5) is 0. The van der Waals surface area contributed by atoms with Gasteiger partial charge in [0.05, 0.1) is 18.2 Å². The third-order valence-corrected chi connectivity index (χ3v) is 3.36. The Bertz CT molecular complexity index is 359. The minimum absolute atomic E-state index is 0.0222. The summed E-state index contributed by atoms with van der Waals surface area (Å²) in [5.41, 5.74) is 1.28. The molecule has 3 heteroatoms. The molecule has 3 nitrogen and oxygen atoms in total. The first kappa shape index (κ1) is 12.4. The minimum Gasteiger partial charge on any atom is -0.508 e. The summed E-state index contributed by atoms with van der Waals surface area (Å²) in [6.07, 6.45) is 2.23. The van der Waals surface area contributed by atoms with E-state index >= 15 is 0 Å². The van der Waals surface area contributed by atoms with Gasteiger partial charge in [0.25, 0.3) is 0 Å². The number of phenolic OH excluding ortho intramolecular Hbond substituents is 1. The van der Waals surface area contributed by atoms with E-state index in [9.17, 15) is 5.11 Å². The van der Waals surface area contributed by atoms with Gasteiger partial charge in [-0.25, -0.2) is 0 Å². The number of phenols is 1. The fraction of sp³-hybridized carbons (Fsp3) is 0.571. The largest absolute Gasteiger partial charge is 0.508 e. The van der Waals surface area contributed by atoms with Crippen LogP contribution in [0, 0.1) is 0 Å². The molecule has 1 heterocycles. The molecule has 1 saturated heterocycles. The molecule has 1 aliphatic heterocycles. The van der Waals surface area contributed by atoms with Gasteiger partial charge in [-0.1, -0.05) is 0 Å². The number of aromatic hydroxyl groups is 1. The first-order chi connectivity index (χ1) is 8.05. The zero-order valence-corrected chi connectivity index (χ0v) is 10.6. The second-order valence-electron chi connectivity index (χ2n) is 5.47. The van der Waals surface area contributed by atoms with Crippen LogP contribution >= 0.6 is 0 Å². The summed E-state index contributed by atoms with van der Waals surface area (Å²) in [6.45, 7) is 6.16. The maximum absolute atomic E-state index is 9.22. The molecule has 1 fully saturated rings. The standard InChI is InChI=1S/C14H21NO2/c1-14(2)9-12(7-8-17-14)15-10-11-3-5-13(16)6-4-11/h3-6,12,15-16H,7-10H2,1-2H3/p+1. The third-order valence-electron chi connectivity index (χ3n) is 3.36. The van der Waals surface area contributed by atoms with Crippen LogP contribution < -0.4 is 5.32 Å². The highest BCUT2D eigenvalue weighted by molar-refractivity contribution is 5.25. The molecule has 0 bridgehead atoms. The highest BCUT2D eigenvalue weighted by atomic mass is 16.5. The molecule has 1 unspecified atom stereocenters. The fourth-order valence-electron chi connectivity index (χ4n) is 2.41. The summed E-state index contributed by atoms with van der Waals surface area (Å²) in [5.74, 6) is 0.334. The molecular formula is C14H22NO2+. The number of nitrogens with two attached hydrogens (primary N) is 1. The van der Waals surface area contributed by atoms with E-state index in [0.717, 1.165) is 26.0 Å². The topological polar surface area (TPSA) is 46.1 Å². The third kappa shape index (κ3) is 3.72. The monoisotopic (exact) mass is 236 g/mol. The Balaban J connectivity index is 1.84. The van der Waals surface area contributed by atoms with Crippen molar-refractivity contribution in [3.8, 4) is 5.75 Å². The van der Waals surface area contributed by atoms with Gasteiger partial charge in [0.1, 0.15) is 12.3 Å². The fourth-order valence-corrected chi connectivity index (χ4v) is 2.41. The van der Waals surface area contributed by atoms with Gasteiger partial charge in [-0.3, -0.25) is 0 Å². The van der Waals surface area contributed by atoms with Gasteiger partial charge < -0.3 is 15.2 Å². The van der Waals surface area contributed by atoms with Crippen molar-refractivity contribution in [1.29, 1.82) is 0 Å². The van der Waals surface area contributed by atoms with E-state index in [4.69, 9.17) is 4.74 Å². The molecule has 1 aromatic rings. The number of ether oxygens (including phenoxy) is 1. The molecular weight excluding hydrogens is 214 g/mol. The molecule has 3 N–H and O–H groups in total. The SMILES string of the molecule is CC1(C)CC([NH2+]Cc2ccc(O)cc2)CCO1. The van der Waals surface area contributed by atoms with Gasteiger partial charge in [0.2, 0.25) is 0 Å². The van der Waals surface area contributed by atoms with Crippen LogP contribution in [-0.4, -0.2) is 23.4 Å². The number of rotatable bonds is 3. The molecule has 1 aromatic carbocycles. The Morgan fingerprint density at radius 3 is 2.71 bits per heavy atom. The van der Waals surface area contributed by atoms with Gasteiger partial charge in [-0.15, -0.1) is 0 Å². The molecule has 0 spiro atoms. The molecule has 17 heavy (non-hydrogen) atoms. The maximum Gasteiger partial charge on any atom is 0.115 e. The van der Waals surface area contributed by atoms with Crippen molar-refractivity contribution in [2.45, 2.75) is 44.9 Å². The van der Waals surface area contributed by atoms with Gasteiger partial charge in [0, 0.05) is 18.4 Å². The molecule has 1 aliphatic rings.